The van der Waals surface area contributed by atoms with Gasteiger partial charge in [0.2, 0.25) is 5.91 Å². The minimum atomic E-state index is -1.12. The molecule has 0 radical (unpaired) electrons. The number of rotatable bonds is 4. The summed E-state index contributed by atoms with van der Waals surface area (Å²) in [5, 5.41) is 22.2. The molecule has 1 heterocycles. The molecule has 0 saturated carbocycles. The molecule has 0 bridgehead atoms. The van der Waals surface area contributed by atoms with Crippen molar-refractivity contribution >= 4 is 44.1 Å². The van der Waals surface area contributed by atoms with Gasteiger partial charge in [-0.25, -0.2) is 4.79 Å². The molecule has 21 heavy (non-hydrogen) atoms. The highest BCUT2D eigenvalue weighted by Gasteiger charge is 2.20. The Bertz CT molecular complexity index is 732. The van der Waals surface area contributed by atoms with Crippen LogP contribution in [0.1, 0.15) is 16.8 Å². The molecule has 0 spiro atoms. The number of benzene rings is 1. The Labute approximate surface area is 133 Å². The summed E-state index contributed by atoms with van der Waals surface area (Å²) in [6.07, 6.45) is -0.315. The molecule has 0 saturated heterocycles. The zero-order chi connectivity index (χ0) is 15.4. The quantitative estimate of drug-likeness (QED) is 0.864. The average Bonchev–Trinajstić information content (AvgIpc) is 2.83. The van der Waals surface area contributed by atoms with Gasteiger partial charge in [0.25, 0.3) is 0 Å². The van der Waals surface area contributed by atoms with Crippen molar-refractivity contribution in [2.75, 3.05) is 5.32 Å². The van der Waals surface area contributed by atoms with Crippen LogP contribution in [0.3, 0.4) is 0 Å². The fourth-order valence-corrected chi connectivity index (χ4v) is 2.99. The average molecular weight is 365 g/mol. The Hall–Kier alpha value is -2.17. The molecular weight excluding hydrogens is 356 g/mol. The molecule has 106 valence electrons. The van der Waals surface area contributed by atoms with Crippen LogP contribution >= 0.6 is 27.3 Å². The van der Waals surface area contributed by atoms with E-state index in [1.54, 1.807) is 23.6 Å². The van der Waals surface area contributed by atoms with Gasteiger partial charge < -0.3 is 10.4 Å². The summed E-state index contributed by atoms with van der Waals surface area (Å²) in [4.78, 5) is 22.9. The van der Waals surface area contributed by atoms with Gasteiger partial charge in [-0.3, -0.25) is 4.79 Å². The van der Waals surface area contributed by atoms with Gasteiger partial charge in [-0.15, -0.1) is 11.3 Å². The van der Waals surface area contributed by atoms with Gasteiger partial charge in [0.15, 0.2) is 0 Å². The lowest BCUT2D eigenvalue weighted by Gasteiger charge is -2.04. The van der Waals surface area contributed by atoms with Crippen molar-refractivity contribution in [3.63, 3.8) is 0 Å². The third-order valence-corrected chi connectivity index (χ3v) is 4.08. The smallest absolute Gasteiger partial charge is 0.339 e. The maximum Gasteiger partial charge on any atom is 0.339 e. The fourth-order valence-electron chi connectivity index (χ4n) is 1.75. The van der Waals surface area contributed by atoms with Crippen LogP contribution in [0.5, 0.6) is 0 Å². The molecule has 0 aliphatic rings. The lowest BCUT2D eigenvalue weighted by molar-refractivity contribution is -0.115. The van der Waals surface area contributed by atoms with E-state index < -0.39 is 11.9 Å². The highest BCUT2D eigenvalue weighted by Crippen LogP contribution is 2.36. The number of carboxylic acid groups (broad SMARTS) is 1. The first-order valence-electron chi connectivity index (χ1n) is 5.80. The van der Waals surface area contributed by atoms with E-state index in [1.165, 1.54) is 0 Å². The molecule has 2 aromatic rings. The van der Waals surface area contributed by atoms with Crippen molar-refractivity contribution in [3.8, 4) is 17.2 Å². The standard InChI is InChI=1S/C14H9BrN2O3S/c15-9-3-1-8(2-4-9)10-7-21-13(12(10)14(19)20)17-11(18)5-6-16/h1-4,7H,5H2,(H,17,18)(H,19,20). The molecule has 1 aromatic carbocycles. The molecule has 0 atom stereocenters. The second-order valence-corrected chi connectivity index (χ2v) is 5.84. The topological polar surface area (TPSA) is 90.2 Å². The largest absolute Gasteiger partial charge is 0.478 e. The number of carbonyl (C=O) groups is 2. The molecular formula is C14H9BrN2O3S. The SMILES string of the molecule is N#CCC(=O)Nc1scc(-c2ccc(Br)cc2)c1C(=O)O. The van der Waals surface area contributed by atoms with E-state index in [0.717, 1.165) is 21.4 Å². The van der Waals surface area contributed by atoms with Crippen LogP contribution in [0.15, 0.2) is 34.1 Å². The molecule has 1 amide bonds. The Balaban J connectivity index is 2.42. The highest BCUT2D eigenvalue weighted by molar-refractivity contribution is 9.10. The first kappa shape index (κ1) is 15.2. The number of carboxylic acids is 1. The minimum Gasteiger partial charge on any atom is -0.478 e. The Kier molecular flexibility index (Phi) is 4.73. The van der Waals surface area contributed by atoms with Crippen molar-refractivity contribution in [1.82, 2.24) is 0 Å². The second-order valence-electron chi connectivity index (χ2n) is 4.05. The van der Waals surface area contributed by atoms with Gasteiger partial charge in [0.1, 0.15) is 17.0 Å². The summed E-state index contributed by atoms with van der Waals surface area (Å²) in [6, 6.07) is 8.93. The van der Waals surface area contributed by atoms with E-state index >= 15 is 0 Å². The molecule has 7 heteroatoms. The predicted molar refractivity (Wildman–Crippen MR) is 83.3 cm³/mol. The van der Waals surface area contributed by atoms with E-state index in [0.29, 0.717) is 5.56 Å². The van der Waals surface area contributed by atoms with E-state index in [9.17, 15) is 14.7 Å². The van der Waals surface area contributed by atoms with Crippen molar-refractivity contribution < 1.29 is 14.7 Å². The van der Waals surface area contributed by atoms with Crippen LogP contribution in [-0.2, 0) is 4.79 Å². The summed E-state index contributed by atoms with van der Waals surface area (Å²) in [7, 11) is 0. The molecule has 0 aliphatic carbocycles. The van der Waals surface area contributed by atoms with Crippen molar-refractivity contribution in [2.45, 2.75) is 6.42 Å². The fraction of sp³-hybridized carbons (Fsp3) is 0.0714. The highest BCUT2D eigenvalue weighted by atomic mass is 79.9. The molecule has 2 rings (SSSR count). The van der Waals surface area contributed by atoms with Crippen molar-refractivity contribution in [2.24, 2.45) is 0 Å². The first-order chi connectivity index (χ1) is 10.0. The minimum absolute atomic E-state index is 0.0358. The maximum absolute atomic E-state index is 11.5. The number of nitriles is 1. The van der Waals surface area contributed by atoms with Crippen molar-refractivity contribution in [3.05, 3.63) is 39.7 Å². The molecule has 0 unspecified atom stereocenters. The molecule has 0 fully saturated rings. The maximum atomic E-state index is 11.5. The molecule has 1 aromatic heterocycles. The molecule has 2 N–H and O–H groups in total. The Morgan fingerprint density at radius 3 is 2.57 bits per heavy atom. The number of nitrogens with zero attached hydrogens (tertiary/aromatic N) is 1. The van der Waals surface area contributed by atoms with Crippen LogP contribution in [0.2, 0.25) is 0 Å². The number of hydrogen-bond donors (Lipinski definition) is 2. The summed E-state index contributed by atoms with van der Waals surface area (Å²) in [5.74, 6) is -1.65. The second kappa shape index (κ2) is 6.52. The third kappa shape index (κ3) is 3.48. The van der Waals surface area contributed by atoms with Crippen LogP contribution in [0, 0.1) is 11.3 Å². The van der Waals surface area contributed by atoms with Gasteiger partial charge in [0.05, 0.1) is 6.07 Å². The summed E-state index contributed by atoms with van der Waals surface area (Å²) < 4.78 is 0.890. The summed E-state index contributed by atoms with van der Waals surface area (Å²) in [5.41, 5.74) is 1.31. The monoisotopic (exact) mass is 364 g/mol. The molecule has 5 nitrogen and oxygen atoms in total. The number of amides is 1. The predicted octanol–water partition coefficient (Wildman–Crippen LogP) is 3.73. The number of carbonyl (C=O) groups excluding carboxylic acids is 1. The zero-order valence-electron chi connectivity index (χ0n) is 10.6. The van der Waals surface area contributed by atoms with E-state index in [2.05, 4.69) is 21.2 Å². The van der Waals surface area contributed by atoms with Crippen LogP contribution in [0.25, 0.3) is 11.1 Å². The van der Waals surface area contributed by atoms with E-state index in [-0.39, 0.29) is 17.0 Å². The number of halogens is 1. The van der Waals surface area contributed by atoms with Crippen LogP contribution < -0.4 is 5.32 Å². The van der Waals surface area contributed by atoms with Gasteiger partial charge in [-0.2, -0.15) is 5.26 Å². The van der Waals surface area contributed by atoms with Crippen LogP contribution in [0.4, 0.5) is 5.00 Å². The number of hydrogen-bond acceptors (Lipinski definition) is 4. The zero-order valence-corrected chi connectivity index (χ0v) is 13.0. The lowest BCUT2D eigenvalue weighted by atomic mass is 10.0. The number of aromatic carboxylic acids is 1. The third-order valence-electron chi connectivity index (χ3n) is 2.65. The van der Waals surface area contributed by atoms with Gasteiger partial charge >= 0.3 is 5.97 Å². The number of thiophene rings is 1. The van der Waals surface area contributed by atoms with Gasteiger partial charge in [-0.05, 0) is 17.7 Å². The number of anilines is 1. The normalized spacial score (nSPS) is 9.90. The Morgan fingerprint density at radius 2 is 2.00 bits per heavy atom. The molecule has 0 aliphatic heterocycles. The summed E-state index contributed by atoms with van der Waals surface area (Å²) >= 11 is 4.44. The number of nitrogens with one attached hydrogen (secondary N) is 1. The lowest BCUT2D eigenvalue weighted by Crippen LogP contribution is -2.12. The van der Waals surface area contributed by atoms with E-state index in [4.69, 9.17) is 5.26 Å². The van der Waals surface area contributed by atoms with E-state index in [1.807, 2.05) is 12.1 Å². The van der Waals surface area contributed by atoms with Gasteiger partial charge in [0, 0.05) is 15.4 Å². The van der Waals surface area contributed by atoms with Gasteiger partial charge in [-0.1, -0.05) is 28.1 Å². The van der Waals surface area contributed by atoms with Crippen molar-refractivity contribution in [1.29, 1.82) is 5.26 Å². The van der Waals surface area contributed by atoms with Crippen LogP contribution in [-0.4, -0.2) is 17.0 Å². The summed E-state index contributed by atoms with van der Waals surface area (Å²) in [6.45, 7) is 0. The first-order valence-corrected chi connectivity index (χ1v) is 7.47. The Morgan fingerprint density at radius 1 is 1.33 bits per heavy atom.